The van der Waals surface area contributed by atoms with E-state index in [1.807, 2.05) is 32.0 Å². The zero-order valence-electron chi connectivity index (χ0n) is 17.5. The van der Waals surface area contributed by atoms with Crippen LogP contribution in [-0.4, -0.2) is 26.4 Å². The number of carbonyl (C=O) groups is 1. The number of aryl methyl sites for hydroxylation is 2. The van der Waals surface area contributed by atoms with Crippen LogP contribution in [0.2, 0.25) is 5.02 Å². The topological polar surface area (TPSA) is 69.0 Å². The van der Waals surface area contributed by atoms with E-state index in [2.05, 4.69) is 15.5 Å². The summed E-state index contributed by atoms with van der Waals surface area (Å²) in [6.07, 6.45) is -4.53. The molecule has 0 saturated carbocycles. The van der Waals surface area contributed by atoms with Crippen LogP contribution in [0.15, 0.2) is 41.6 Å². The third-order valence-electron chi connectivity index (χ3n) is 4.39. The molecule has 1 aromatic heterocycles. The molecule has 3 aromatic rings. The highest BCUT2D eigenvalue weighted by molar-refractivity contribution is 7.99. The van der Waals surface area contributed by atoms with Crippen molar-refractivity contribution in [1.82, 2.24) is 14.8 Å². The highest BCUT2D eigenvalue weighted by Crippen LogP contribution is 2.34. The van der Waals surface area contributed by atoms with Gasteiger partial charge in [0.2, 0.25) is 5.91 Å². The van der Waals surface area contributed by atoms with Crippen molar-refractivity contribution in [2.45, 2.75) is 31.8 Å². The molecular weight excluding hydrogens is 465 g/mol. The van der Waals surface area contributed by atoms with Crippen LogP contribution in [0, 0.1) is 13.8 Å². The number of halogens is 4. The predicted octanol–water partition coefficient (Wildman–Crippen LogP) is 5.41. The summed E-state index contributed by atoms with van der Waals surface area (Å²) in [7, 11) is 1.74. The van der Waals surface area contributed by atoms with Gasteiger partial charge in [-0.3, -0.25) is 4.79 Å². The molecule has 0 radical (unpaired) electrons. The molecule has 0 spiro atoms. The largest absolute Gasteiger partial charge is 0.486 e. The van der Waals surface area contributed by atoms with E-state index in [4.69, 9.17) is 16.3 Å². The van der Waals surface area contributed by atoms with Gasteiger partial charge in [-0.2, -0.15) is 13.2 Å². The second kappa shape index (κ2) is 9.83. The molecule has 3 rings (SSSR count). The van der Waals surface area contributed by atoms with Crippen molar-refractivity contribution in [3.63, 3.8) is 0 Å². The molecule has 0 aliphatic rings. The van der Waals surface area contributed by atoms with Crippen LogP contribution in [0.1, 0.15) is 22.5 Å². The Morgan fingerprint density at radius 3 is 2.50 bits per heavy atom. The number of carbonyl (C=O) groups excluding carboxylic acids is 1. The highest BCUT2D eigenvalue weighted by Gasteiger charge is 2.31. The van der Waals surface area contributed by atoms with Crippen molar-refractivity contribution < 1.29 is 22.7 Å². The molecule has 0 saturated heterocycles. The first-order chi connectivity index (χ1) is 15.0. The van der Waals surface area contributed by atoms with Crippen molar-refractivity contribution in [2.24, 2.45) is 7.05 Å². The van der Waals surface area contributed by atoms with Crippen LogP contribution < -0.4 is 10.1 Å². The fraction of sp³-hybridized carbons (Fsp3) is 0.286. The summed E-state index contributed by atoms with van der Waals surface area (Å²) in [4.78, 5) is 12.2. The van der Waals surface area contributed by atoms with E-state index in [0.29, 0.717) is 11.0 Å². The monoisotopic (exact) mass is 484 g/mol. The quantitative estimate of drug-likeness (QED) is 0.454. The van der Waals surface area contributed by atoms with Crippen LogP contribution in [0.3, 0.4) is 0 Å². The third kappa shape index (κ3) is 6.17. The van der Waals surface area contributed by atoms with Gasteiger partial charge in [0.25, 0.3) is 0 Å². The van der Waals surface area contributed by atoms with Gasteiger partial charge in [0.05, 0.1) is 22.0 Å². The molecule has 170 valence electrons. The minimum absolute atomic E-state index is 0.0147. The lowest BCUT2D eigenvalue weighted by Crippen LogP contribution is -2.16. The standard InChI is InChI=1S/C21H20ClF3N4O2S/c1-12-6-13(2)8-15(7-12)31-10-18-27-28-20(29(18)3)32-11-19(30)26-17-9-14(21(23,24)25)4-5-16(17)22/h4-9H,10-11H2,1-3H3,(H,26,30). The van der Waals surface area contributed by atoms with Gasteiger partial charge in [-0.25, -0.2) is 0 Å². The zero-order valence-corrected chi connectivity index (χ0v) is 19.0. The lowest BCUT2D eigenvalue weighted by molar-refractivity contribution is -0.137. The summed E-state index contributed by atoms with van der Waals surface area (Å²) in [5.74, 6) is 0.675. The maximum atomic E-state index is 12.9. The average Bonchev–Trinajstić information content (AvgIpc) is 3.04. The maximum absolute atomic E-state index is 12.9. The fourth-order valence-electron chi connectivity index (χ4n) is 2.87. The minimum Gasteiger partial charge on any atom is -0.486 e. The number of benzene rings is 2. The number of amides is 1. The summed E-state index contributed by atoms with van der Waals surface area (Å²) in [6.45, 7) is 4.15. The normalized spacial score (nSPS) is 11.5. The van der Waals surface area contributed by atoms with Crippen molar-refractivity contribution in [1.29, 1.82) is 0 Å². The Hall–Kier alpha value is -2.72. The van der Waals surface area contributed by atoms with Crippen LogP contribution in [0.5, 0.6) is 5.75 Å². The molecule has 1 amide bonds. The molecule has 0 atom stereocenters. The number of ether oxygens (including phenoxy) is 1. The number of nitrogens with zero attached hydrogens (tertiary/aromatic N) is 3. The first kappa shape index (κ1) is 23.9. The summed E-state index contributed by atoms with van der Waals surface area (Å²) in [6, 6.07) is 8.63. The zero-order chi connectivity index (χ0) is 23.5. The Morgan fingerprint density at radius 2 is 1.84 bits per heavy atom. The number of hydrogen-bond donors (Lipinski definition) is 1. The lowest BCUT2D eigenvalue weighted by Gasteiger charge is -2.11. The Kier molecular flexibility index (Phi) is 7.35. The fourth-order valence-corrected chi connectivity index (χ4v) is 3.77. The van der Waals surface area contributed by atoms with Gasteiger partial charge in [-0.05, 0) is 55.3 Å². The molecule has 0 fully saturated rings. The highest BCUT2D eigenvalue weighted by atomic mass is 35.5. The van der Waals surface area contributed by atoms with E-state index < -0.39 is 17.6 Å². The van der Waals surface area contributed by atoms with E-state index in [1.165, 1.54) is 0 Å². The molecule has 0 bridgehead atoms. The summed E-state index contributed by atoms with van der Waals surface area (Å²) >= 11 is 7.01. The molecule has 1 heterocycles. The van der Waals surface area contributed by atoms with Gasteiger partial charge >= 0.3 is 6.18 Å². The van der Waals surface area contributed by atoms with Gasteiger partial charge in [0.1, 0.15) is 12.4 Å². The van der Waals surface area contributed by atoms with Crippen LogP contribution in [0.25, 0.3) is 0 Å². The van der Waals surface area contributed by atoms with Gasteiger partial charge in [0, 0.05) is 7.05 Å². The lowest BCUT2D eigenvalue weighted by atomic mass is 10.1. The van der Waals surface area contributed by atoms with Crippen molar-refractivity contribution in [3.8, 4) is 5.75 Å². The second-order valence-electron chi connectivity index (χ2n) is 7.10. The number of hydrogen-bond acceptors (Lipinski definition) is 5. The van der Waals surface area contributed by atoms with Crippen molar-refractivity contribution in [3.05, 3.63) is 63.9 Å². The van der Waals surface area contributed by atoms with Gasteiger partial charge < -0.3 is 14.6 Å². The van der Waals surface area contributed by atoms with E-state index >= 15 is 0 Å². The van der Waals surface area contributed by atoms with E-state index in [0.717, 1.165) is 46.8 Å². The SMILES string of the molecule is Cc1cc(C)cc(OCc2nnc(SCC(=O)Nc3cc(C(F)(F)F)ccc3Cl)n2C)c1. The van der Waals surface area contributed by atoms with Crippen LogP contribution in [0.4, 0.5) is 18.9 Å². The third-order valence-corrected chi connectivity index (χ3v) is 5.74. The maximum Gasteiger partial charge on any atom is 0.416 e. The number of thioether (sulfide) groups is 1. The molecule has 0 aliphatic carbocycles. The number of rotatable bonds is 7. The van der Waals surface area contributed by atoms with Crippen LogP contribution >= 0.6 is 23.4 Å². The van der Waals surface area contributed by atoms with E-state index in [-0.39, 0.29) is 23.1 Å². The molecule has 2 aromatic carbocycles. The molecule has 6 nitrogen and oxygen atoms in total. The van der Waals surface area contributed by atoms with Gasteiger partial charge in [-0.15, -0.1) is 10.2 Å². The Morgan fingerprint density at radius 1 is 1.16 bits per heavy atom. The number of alkyl halides is 3. The summed E-state index contributed by atoms with van der Waals surface area (Å²) < 4.78 is 46.1. The number of aromatic nitrogens is 3. The first-order valence-electron chi connectivity index (χ1n) is 9.41. The van der Waals surface area contributed by atoms with Gasteiger partial charge in [-0.1, -0.05) is 29.4 Å². The number of anilines is 1. The molecule has 1 N–H and O–H groups in total. The molecule has 0 aliphatic heterocycles. The Balaban J connectivity index is 1.58. The Labute approximate surface area is 192 Å². The predicted molar refractivity (Wildman–Crippen MR) is 117 cm³/mol. The molecule has 32 heavy (non-hydrogen) atoms. The first-order valence-corrected chi connectivity index (χ1v) is 10.8. The van der Waals surface area contributed by atoms with E-state index in [9.17, 15) is 18.0 Å². The minimum atomic E-state index is -4.53. The molecular formula is C21H20ClF3N4O2S. The van der Waals surface area contributed by atoms with Crippen LogP contribution in [-0.2, 0) is 24.6 Å². The number of nitrogens with one attached hydrogen (secondary N) is 1. The average molecular weight is 485 g/mol. The second-order valence-corrected chi connectivity index (χ2v) is 8.45. The van der Waals surface area contributed by atoms with Gasteiger partial charge in [0.15, 0.2) is 11.0 Å². The summed E-state index contributed by atoms with van der Waals surface area (Å²) in [5, 5.41) is 11.0. The van der Waals surface area contributed by atoms with Crippen molar-refractivity contribution >= 4 is 35.0 Å². The summed E-state index contributed by atoms with van der Waals surface area (Å²) in [5.41, 5.74) is 1.17. The Bertz CT molecular complexity index is 1110. The molecule has 0 unspecified atom stereocenters. The van der Waals surface area contributed by atoms with E-state index in [1.54, 1.807) is 11.6 Å². The van der Waals surface area contributed by atoms with Crippen molar-refractivity contribution in [2.75, 3.05) is 11.1 Å². The smallest absolute Gasteiger partial charge is 0.416 e. The molecule has 11 heteroatoms.